The third-order valence-corrected chi connectivity index (χ3v) is 3.30. The minimum absolute atomic E-state index is 0.0845. The van der Waals surface area contributed by atoms with Crippen molar-refractivity contribution in [2.24, 2.45) is 5.92 Å². The van der Waals surface area contributed by atoms with E-state index in [0.717, 1.165) is 32.5 Å². The smallest absolute Gasteiger partial charge is 0.225 e. The van der Waals surface area contributed by atoms with E-state index in [9.17, 15) is 4.79 Å². The van der Waals surface area contributed by atoms with Gasteiger partial charge in [0, 0.05) is 24.5 Å². The molecule has 0 bridgehead atoms. The van der Waals surface area contributed by atoms with Gasteiger partial charge in [-0.3, -0.25) is 4.79 Å². The maximum atomic E-state index is 12.0. The highest BCUT2D eigenvalue weighted by molar-refractivity contribution is 5.78. The molecule has 1 N–H and O–H groups in total. The van der Waals surface area contributed by atoms with Gasteiger partial charge in [0.2, 0.25) is 5.91 Å². The average Bonchev–Trinajstić information content (AvgIpc) is 2.33. The number of morpholine rings is 1. The molecule has 1 heterocycles. The zero-order chi connectivity index (χ0) is 14.5. The second-order valence-corrected chi connectivity index (χ2v) is 6.75. The summed E-state index contributed by atoms with van der Waals surface area (Å²) in [6.45, 7) is 13.6. The van der Waals surface area contributed by atoms with Gasteiger partial charge in [0.1, 0.15) is 0 Å². The fraction of sp³-hybridized carbons (Fsp3) is 0.933. The molecule has 0 aliphatic carbocycles. The topological polar surface area (TPSA) is 41.6 Å². The zero-order valence-electron chi connectivity index (χ0n) is 13.2. The van der Waals surface area contributed by atoms with Gasteiger partial charge in [-0.25, -0.2) is 0 Å². The van der Waals surface area contributed by atoms with Gasteiger partial charge >= 0.3 is 0 Å². The highest BCUT2D eigenvalue weighted by Crippen LogP contribution is 2.13. The number of hydrogen-bond acceptors (Lipinski definition) is 3. The second kappa shape index (κ2) is 7.25. The highest BCUT2D eigenvalue weighted by atomic mass is 16.5. The summed E-state index contributed by atoms with van der Waals surface area (Å²) in [6, 6.07) is 0. The number of carbonyl (C=O) groups excluding carboxylic acids is 1. The van der Waals surface area contributed by atoms with Gasteiger partial charge in [-0.05, 0) is 40.2 Å². The van der Waals surface area contributed by atoms with E-state index in [0.29, 0.717) is 6.61 Å². The molecule has 4 heteroatoms. The van der Waals surface area contributed by atoms with Crippen LogP contribution in [-0.2, 0) is 9.53 Å². The van der Waals surface area contributed by atoms with Crippen LogP contribution >= 0.6 is 0 Å². The summed E-state index contributed by atoms with van der Waals surface area (Å²) in [7, 11) is 0. The Hall–Kier alpha value is -0.610. The van der Waals surface area contributed by atoms with Crippen molar-refractivity contribution in [3.63, 3.8) is 0 Å². The maximum Gasteiger partial charge on any atom is 0.225 e. The fourth-order valence-corrected chi connectivity index (χ4v) is 2.25. The Labute approximate surface area is 117 Å². The van der Waals surface area contributed by atoms with Crippen LogP contribution in [0.4, 0.5) is 0 Å². The molecular weight excluding hydrogens is 240 g/mol. The van der Waals surface area contributed by atoms with E-state index < -0.39 is 0 Å². The SMILES string of the molecule is CC(C)C(=O)N1CCO[C@H](CCCNC(C)(C)C)C1. The van der Waals surface area contributed by atoms with Crippen molar-refractivity contribution in [1.29, 1.82) is 0 Å². The lowest BCUT2D eigenvalue weighted by Gasteiger charge is -2.34. The Morgan fingerprint density at radius 1 is 1.42 bits per heavy atom. The summed E-state index contributed by atoms with van der Waals surface area (Å²) in [6.07, 6.45) is 2.31. The van der Waals surface area contributed by atoms with Crippen LogP contribution in [0.2, 0.25) is 0 Å². The lowest BCUT2D eigenvalue weighted by atomic mass is 10.1. The molecule has 0 aromatic carbocycles. The number of amides is 1. The first kappa shape index (κ1) is 16.4. The van der Waals surface area contributed by atoms with Crippen molar-refractivity contribution in [2.45, 2.75) is 59.1 Å². The summed E-state index contributed by atoms with van der Waals surface area (Å²) in [5.41, 5.74) is 0.174. The van der Waals surface area contributed by atoms with Gasteiger partial charge in [-0.1, -0.05) is 13.8 Å². The van der Waals surface area contributed by atoms with Crippen LogP contribution in [0.15, 0.2) is 0 Å². The van der Waals surface area contributed by atoms with Crippen molar-refractivity contribution >= 4 is 5.91 Å². The Morgan fingerprint density at radius 2 is 2.11 bits per heavy atom. The fourth-order valence-electron chi connectivity index (χ4n) is 2.25. The second-order valence-electron chi connectivity index (χ2n) is 6.75. The predicted molar refractivity (Wildman–Crippen MR) is 78.1 cm³/mol. The van der Waals surface area contributed by atoms with Crippen molar-refractivity contribution in [2.75, 3.05) is 26.2 Å². The summed E-state index contributed by atoms with van der Waals surface area (Å²) in [5, 5.41) is 3.48. The van der Waals surface area contributed by atoms with E-state index in [4.69, 9.17) is 4.74 Å². The van der Waals surface area contributed by atoms with Crippen molar-refractivity contribution in [1.82, 2.24) is 10.2 Å². The van der Waals surface area contributed by atoms with Crippen LogP contribution < -0.4 is 5.32 Å². The molecule has 1 amide bonds. The molecule has 1 aliphatic heterocycles. The number of nitrogens with one attached hydrogen (secondary N) is 1. The van der Waals surface area contributed by atoms with Crippen LogP contribution in [0, 0.1) is 5.92 Å². The molecular formula is C15H30N2O2. The number of carbonyl (C=O) groups is 1. The monoisotopic (exact) mass is 270 g/mol. The van der Waals surface area contributed by atoms with E-state index in [1.54, 1.807) is 0 Å². The molecule has 0 aromatic heterocycles. The number of rotatable bonds is 5. The molecule has 1 fully saturated rings. The third-order valence-electron chi connectivity index (χ3n) is 3.30. The predicted octanol–water partition coefficient (Wildman–Crippen LogP) is 2.04. The van der Waals surface area contributed by atoms with E-state index >= 15 is 0 Å². The van der Waals surface area contributed by atoms with Crippen LogP contribution in [0.5, 0.6) is 0 Å². The summed E-state index contributed by atoms with van der Waals surface area (Å²) in [5.74, 6) is 0.336. The number of nitrogens with zero attached hydrogens (tertiary/aromatic N) is 1. The molecule has 0 radical (unpaired) electrons. The van der Waals surface area contributed by atoms with Gasteiger partial charge in [0.15, 0.2) is 0 Å². The van der Waals surface area contributed by atoms with Crippen LogP contribution in [0.25, 0.3) is 0 Å². The van der Waals surface area contributed by atoms with Gasteiger partial charge in [0.05, 0.1) is 12.7 Å². The van der Waals surface area contributed by atoms with E-state index in [1.165, 1.54) is 0 Å². The Bertz CT molecular complexity index is 284. The van der Waals surface area contributed by atoms with E-state index in [2.05, 4.69) is 26.1 Å². The number of ether oxygens (including phenoxy) is 1. The zero-order valence-corrected chi connectivity index (χ0v) is 13.2. The summed E-state index contributed by atoms with van der Waals surface area (Å²) < 4.78 is 5.75. The van der Waals surface area contributed by atoms with E-state index in [-0.39, 0.29) is 23.5 Å². The summed E-state index contributed by atoms with van der Waals surface area (Å²) in [4.78, 5) is 13.9. The Kier molecular flexibility index (Phi) is 6.27. The molecule has 1 aliphatic rings. The highest BCUT2D eigenvalue weighted by Gasteiger charge is 2.25. The molecule has 0 aromatic rings. The van der Waals surface area contributed by atoms with Crippen molar-refractivity contribution in [3.8, 4) is 0 Å². The Balaban J connectivity index is 2.26. The molecule has 1 saturated heterocycles. The molecule has 1 rings (SSSR count). The molecule has 19 heavy (non-hydrogen) atoms. The molecule has 0 spiro atoms. The van der Waals surface area contributed by atoms with Crippen molar-refractivity contribution in [3.05, 3.63) is 0 Å². The van der Waals surface area contributed by atoms with Gasteiger partial charge in [0.25, 0.3) is 0 Å². The first-order valence-corrected chi connectivity index (χ1v) is 7.45. The first-order chi connectivity index (χ1) is 8.79. The van der Waals surface area contributed by atoms with Crippen LogP contribution in [-0.4, -0.2) is 48.7 Å². The first-order valence-electron chi connectivity index (χ1n) is 7.45. The Morgan fingerprint density at radius 3 is 2.68 bits per heavy atom. The van der Waals surface area contributed by atoms with Gasteiger partial charge in [-0.15, -0.1) is 0 Å². The van der Waals surface area contributed by atoms with Gasteiger partial charge < -0.3 is 15.0 Å². The van der Waals surface area contributed by atoms with Gasteiger partial charge in [-0.2, -0.15) is 0 Å². The van der Waals surface area contributed by atoms with Crippen LogP contribution in [0.3, 0.4) is 0 Å². The lowest BCUT2D eigenvalue weighted by Crippen LogP contribution is -2.47. The number of hydrogen-bond donors (Lipinski definition) is 1. The normalized spacial score (nSPS) is 20.9. The van der Waals surface area contributed by atoms with Crippen LogP contribution in [0.1, 0.15) is 47.5 Å². The minimum Gasteiger partial charge on any atom is -0.375 e. The third kappa shape index (κ3) is 6.39. The summed E-state index contributed by atoms with van der Waals surface area (Å²) >= 11 is 0. The molecule has 0 unspecified atom stereocenters. The average molecular weight is 270 g/mol. The molecule has 0 saturated carbocycles. The van der Waals surface area contributed by atoms with E-state index in [1.807, 2.05) is 18.7 Å². The quantitative estimate of drug-likeness (QED) is 0.777. The minimum atomic E-state index is 0.0845. The van der Waals surface area contributed by atoms with Crippen molar-refractivity contribution < 1.29 is 9.53 Å². The molecule has 112 valence electrons. The lowest BCUT2D eigenvalue weighted by molar-refractivity contribution is -0.142. The maximum absolute atomic E-state index is 12.0. The largest absolute Gasteiger partial charge is 0.375 e. The standard InChI is InChI=1S/C15H30N2O2/c1-12(2)14(18)17-9-10-19-13(11-17)7-6-8-16-15(3,4)5/h12-13,16H,6-11H2,1-5H3/t13-/m1/s1. The molecule has 4 nitrogen and oxygen atoms in total. The molecule has 1 atom stereocenters.